The molecule has 0 saturated carbocycles. The molecule has 5 nitrogen and oxygen atoms in total. The molecule has 5 heteroatoms. The molecule has 1 atom stereocenters. The third-order valence-electron chi connectivity index (χ3n) is 6.04. The lowest BCUT2D eigenvalue weighted by Gasteiger charge is -2.23. The molecule has 3 heterocycles. The van der Waals surface area contributed by atoms with Gasteiger partial charge in [-0.15, -0.1) is 0 Å². The summed E-state index contributed by atoms with van der Waals surface area (Å²) < 4.78 is 6.09. The van der Waals surface area contributed by atoms with Gasteiger partial charge >= 0.3 is 0 Å². The molecule has 2 aromatic carbocycles. The van der Waals surface area contributed by atoms with E-state index in [9.17, 15) is 0 Å². The standard InChI is InChI=1S/C27H30N4O/c1-18(2)12-19-5-7-20(8-6-19)21-9-10-25-23(13-21)24(15-30-25)26-16-29-17-27(31-26)32-22-4-3-11-28-14-22/h5-10,13,15-18,22,28,30H,3-4,11-12,14H2,1-2H3/t22-/m1/s1. The molecule has 1 aliphatic heterocycles. The number of hydrogen-bond acceptors (Lipinski definition) is 4. The molecule has 4 aromatic rings. The molecule has 0 aliphatic carbocycles. The van der Waals surface area contributed by atoms with Crippen molar-refractivity contribution >= 4 is 10.9 Å². The predicted octanol–water partition coefficient (Wildman–Crippen LogP) is 5.62. The average molecular weight is 427 g/mol. The van der Waals surface area contributed by atoms with E-state index in [1.807, 2.05) is 12.4 Å². The zero-order chi connectivity index (χ0) is 21.9. The summed E-state index contributed by atoms with van der Waals surface area (Å²) in [6.45, 7) is 6.43. The molecule has 2 aromatic heterocycles. The van der Waals surface area contributed by atoms with E-state index in [4.69, 9.17) is 9.72 Å². The second-order valence-electron chi connectivity index (χ2n) is 9.09. The van der Waals surface area contributed by atoms with Gasteiger partial charge in [-0.3, -0.25) is 4.98 Å². The molecule has 0 amide bonds. The number of ether oxygens (including phenoxy) is 1. The summed E-state index contributed by atoms with van der Waals surface area (Å²) in [5.41, 5.74) is 6.75. The van der Waals surface area contributed by atoms with E-state index < -0.39 is 0 Å². The van der Waals surface area contributed by atoms with E-state index in [0.717, 1.165) is 54.5 Å². The van der Waals surface area contributed by atoms with Crippen LogP contribution in [-0.4, -0.2) is 34.1 Å². The lowest BCUT2D eigenvalue weighted by molar-refractivity contribution is 0.160. The lowest BCUT2D eigenvalue weighted by Crippen LogP contribution is -2.37. The van der Waals surface area contributed by atoms with Crippen LogP contribution in [0.2, 0.25) is 0 Å². The monoisotopic (exact) mass is 426 g/mol. The molecule has 164 valence electrons. The summed E-state index contributed by atoms with van der Waals surface area (Å²) in [6.07, 6.45) is 8.96. The van der Waals surface area contributed by atoms with Gasteiger partial charge in [-0.25, -0.2) is 4.98 Å². The Labute approximate surface area is 189 Å². The van der Waals surface area contributed by atoms with Crippen LogP contribution >= 0.6 is 0 Å². The fourth-order valence-electron chi connectivity index (χ4n) is 4.44. The van der Waals surface area contributed by atoms with Crippen molar-refractivity contribution in [1.82, 2.24) is 20.3 Å². The summed E-state index contributed by atoms with van der Waals surface area (Å²) in [4.78, 5) is 12.6. The third kappa shape index (κ3) is 4.53. The van der Waals surface area contributed by atoms with Crippen molar-refractivity contribution in [3.63, 3.8) is 0 Å². The molecule has 0 unspecified atom stereocenters. The van der Waals surface area contributed by atoms with Crippen LogP contribution in [0.4, 0.5) is 0 Å². The van der Waals surface area contributed by atoms with Gasteiger partial charge in [0.15, 0.2) is 0 Å². The Morgan fingerprint density at radius 3 is 2.69 bits per heavy atom. The number of H-pyrrole nitrogens is 1. The molecule has 1 aliphatic rings. The lowest BCUT2D eigenvalue weighted by atomic mass is 9.98. The molecule has 0 radical (unpaired) electrons. The predicted molar refractivity (Wildman–Crippen MR) is 130 cm³/mol. The maximum atomic E-state index is 6.09. The molecular weight excluding hydrogens is 396 g/mol. The summed E-state index contributed by atoms with van der Waals surface area (Å²) >= 11 is 0. The van der Waals surface area contributed by atoms with Gasteiger partial charge in [-0.2, -0.15) is 0 Å². The third-order valence-corrected chi connectivity index (χ3v) is 6.04. The first kappa shape index (κ1) is 20.7. The zero-order valence-corrected chi connectivity index (χ0v) is 18.8. The zero-order valence-electron chi connectivity index (χ0n) is 18.8. The molecule has 5 rings (SSSR count). The highest BCUT2D eigenvalue weighted by molar-refractivity contribution is 5.97. The molecule has 2 N–H and O–H groups in total. The van der Waals surface area contributed by atoms with Crippen LogP contribution in [-0.2, 0) is 6.42 Å². The second kappa shape index (κ2) is 9.13. The Kier molecular flexibility index (Phi) is 5.91. The van der Waals surface area contributed by atoms with E-state index in [2.05, 4.69) is 71.6 Å². The van der Waals surface area contributed by atoms with Crippen LogP contribution in [0, 0.1) is 5.92 Å². The van der Waals surface area contributed by atoms with E-state index >= 15 is 0 Å². The Hall–Kier alpha value is -3.18. The SMILES string of the molecule is CC(C)Cc1ccc(-c2ccc3[nH]cc(-c4cncc(O[C@@H]5CCCNC5)n4)c3c2)cc1. The fourth-order valence-corrected chi connectivity index (χ4v) is 4.44. The quantitative estimate of drug-likeness (QED) is 0.420. The Morgan fingerprint density at radius 1 is 1.06 bits per heavy atom. The van der Waals surface area contributed by atoms with E-state index in [1.54, 1.807) is 6.20 Å². The Bertz CT molecular complexity index is 1190. The minimum Gasteiger partial charge on any atom is -0.472 e. The van der Waals surface area contributed by atoms with E-state index in [-0.39, 0.29) is 6.10 Å². The molecule has 1 fully saturated rings. The van der Waals surface area contributed by atoms with Gasteiger partial charge in [0.05, 0.1) is 18.1 Å². The van der Waals surface area contributed by atoms with Gasteiger partial charge in [-0.1, -0.05) is 44.2 Å². The highest BCUT2D eigenvalue weighted by Gasteiger charge is 2.16. The van der Waals surface area contributed by atoms with Gasteiger partial charge < -0.3 is 15.0 Å². The van der Waals surface area contributed by atoms with Crippen LogP contribution in [0.1, 0.15) is 32.3 Å². The molecular formula is C27H30N4O. The maximum Gasteiger partial charge on any atom is 0.233 e. The number of aromatic nitrogens is 3. The summed E-state index contributed by atoms with van der Waals surface area (Å²) in [7, 11) is 0. The number of hydrogen-bond donors (Lipinski definition) is 2. The van der Waals surface area contributed by atoms with Crippen molar-refractivity contribution in [2.75, 3.05) is 13.1 Å². The van der Waals surface area contributed by atoms with Crippen LogP contribution < -0.4 is 10.1 Å². The molecule has 0 spiro atoms. The maximum absolute atomic E-state index is 6.09. The van der Waals surface area contributed by atoms with Crippen LogP contribution in [0.25, 0.3) is 33.3 Å². The number of fused-ring (bicyclic) bond motifs is 1. The molecule has 32 heavy (non-hydrogen) atoms. The van der Waals surface area contributed by atoms with Crippen molar-refractivity contribution in [3.05, 3.63) is 66.6 Å². The smallest absolute Gasteiger partial charge is 0.233 e. The van der Waals surface area contributed by atoms with Crippen molar-refractivity contribution in [2.45, 2.75) is 39.2 Å². The van der Waals surface area contributed by atoms with Gasteiger partial charge in [0.1, 0.15) is 6.10 Å². The Balaban J connectivity index is 1.43. The average Bonchev–Trinajstić information content (AvgIpc) is 3.23. The number of piperidine rings is 1. The minimum absolute atomic E-state index is 0.154. The van der Waals surface area contributed by atoms with Crippen LogP contribution in [0.3, 0.4) is 0 Å². The van der Waals surface area contributed by atoms with Crippen molar-refractivity contribution in [1.29, 1.82) is 0 Å². The van der Waals surface area contributed by atoms with Crippen molar-refractivity contribution in [3.8, 4) is 28.3 Å². The highest BCUT2D eigenvalue weighted by atomic mass is 16.5. The van der Waals surface area contributed by atoms with Gasteiger partial charge in [0.2, 0.25) is 5.88 Å². The summed E-state index contributed by atoms with van der Waals surface area (Å²) in [5, 5.41) is 4.52. The van der Waals surface area contributed by atoms with E-state index in [1.165, 1.54) is 16.7 Å². The first-order chi connectivity index (χ1) is 15.7. The first-order valence-electron chi connectivity index (χ1n) is 11.6. The summed E-state index contributed by atoms with van der Waals surface area (Å²) in [5.74, 6) is 1.25. The van der Waals surface area contributed by atoms with Crippen molar-refractivity contribution in [2.24, 2.45) is 5.92 Å². The second-order valence-corrected chi connectivity index (χ2v) is 9.09. The highest BCUT2D eigenvalue weighted by Crippen LogP contribution is 2.32. The largest absolute Gasteiger partial charge is 0.472 e. The Morgan fingerprint density at radius 2 is 1.91 bits per heavy atom. The number of benzene rings is 2. The molecule has 0 bridgehead atoms. The fraction of sp³-hybridized carbons (Fsp3) is 0.333. The first-order valence-corrected chi connectivity index (χ1v) is 11.6. The van der Waals surface area contributed by atoms with Crippen LogP contribution in [0.5, 0.6) is 5.88 Å². The molecule has 1 saturated heterocycles. The number of nitrogens with one attached hydrogen (secondary N) is 2. The topological polar surface area (TPSA) is 62.8 Å². The number of nitrogens with zero attached hydrogens (tertiary/aromatic N) is 2. The van der Waals surface area contributed by atoms with Crippen molar-refractivity contribution < 1.29 is 4.74 Å². The van der Waals surface area contributed by atoms with Gasteiger partial charge in [-0.05, 0) is 60.5 Å². The number of aromatic amines is 1. The normalized spacial score (nSPS) is 16.5. The minimum atomic E-state index is 0.154. The number of rotatable bonds is 6. The van der Waals surface area contributed by atoms with E-state index in [0.29, 0.717) is 11.8 Å². The van der Waals surface area contributed by atoms with Crippen LogP contribution in [0.15, 0.2) is 61.1 Å². The van der Waals surface area contributed by atoms with Gasteiger partial charge in [0.25, 0.3) is 0 Å². The van der Waals surface area contributed by atoms with Gasteiger partial charge in [0, 0.05) is 29.2 Å². The summed E-state index contributed by atoms with van der Waals surface area (Å²) in [6, 6.07) is 15.5.